The summed E-state index contributed by atoms with van der Waals surface area (Å²) in [6, 6.07) is 7.83. The van der Waals surface area contributed by atoms with Crippen LogP contribution in [0.5, 0.6) is 0 Å². The quantitative estimate of drug-likeness (QED) is 0.799. The first-order valence-electron chi connectivity index (χ1n) is 7.05. The second kappa shape index (κ2) is 4.60. The smallest absolute Gasteiger partial charge is 0.115 e. The zero-order valence-electron chi connectivity index (χ0n) is 12.3. The molecule has 0 saturated carbocycles. The van der Waals surface area contributed by atoms with Gasteiger partial charge in [-0.05, 0) is 38.0 Å². The van der Waals surface area contributed by atoms with Gasteiger partial charge in [-0.3, -0.25) is 0 Å². The normalized spacial score (nSPS) is 29.8. The third-order valence-electron chi connectivity index (χ3n) is 4.58. The Labute approximate surface area is 119 Å². The molecule has 104 valence electrons. The SMILES string of the molecule is CC1OC(C)C(c2nc3ccc(C#N)cc3n2C)C1C. The fourth-order valence-electron chi connectivity index (χ4n) is 3.29. The number of aromatic nitrogens is 2. The van der Waals surface area contributed by atoms with Crippen molar-refractivity contribution in [3.8, 4) is 6.07 Å². The molecule has 4 unspecified atom stereocenters. The van der Waals surface area contributed by atoms with Gasteiger partial charge in [-0.2, -0.15) is 5.26 Å². The van der Waals surface area contributed by atoms with E-state index in [1.807, 2.05) is 25.2 Å². The van der Waals surface area contributed by atoms with Gasteiger partial charge in [0.1, 0.15) is 5.82 Å². The average molecular weight is 269 g/mol. The fourth-order valence-corrected chi connectivity index (χ4v) is 3.29. The predicted octanol–water partition coefficient (Wildman–Crippen LogP) is 2.97. The molecule has 20 heavy (non-hydrogen) atoms. The molecule has 2 heterocycles. The van der Waals surface area contributed by atoms with E-state index in [2.05, 4.69) is 31.4 Å². The molecular formula is C16H19N3O. The van der Waals surface area contributed by atoms with E-state index in [1.54, 1.807) is 0 Å². The molecule has 4 atom stereocenters. The number of hydrogen-bond donors (Lipinski definition) is 0. The molecule has 1 aromatic heterocycles. The maximum absolute atomic E-state index is 9.03. The lowest BCUT2D eigenvalue weighted by molar-refractivity contribution is 0.0552. The molecule has 4 heteroatoms. The van der Waals surface area contributed by atoms with Crippen molar-refractivity contribution >= 4 is 11.0 Å². The van der Waals surface area contributed by atoms with Gasteiger partial charge >= 0.3 is 0 Å². The summed E-state index contributed by atoms with van der Waals surface area (Å²) in [5.74, 6) is 1.79. The standard InChI is InChI=1S/C16H19N3O/c1-9-10(2)20-11(3)15(9)16-18-13-6-5-12(8-17)7-14(13)19(16)4/h5-7,9-11,15H,1-4H3. The summed E-state index contributed by atoms with van der Waals surface area (Å²) in [5.41, 5.74) is 2.63. The number of aryl methyl sites for hydroxylation is 1. The van der Waals surface area contributed by atoms with Gasteiger partial charge in [0, 0.05) is 13.0 Å². The minimum Gasteiger partial charge on any atom is -0.374 e. The average Bonchev–Trinajstić information content (AvgIpc) is 2.87. The first kappa shape index (κ1) is 13.1. The van der Waals surface area contributed by atoms with Crippen molar-refractivity contribution < 1.29 is 4.74 Å². The van der Waals surface area contributed by atoms with Crippen molar-refractivity contribution in [2.24, 2.45) is 13.0 Å². The Morgan fingerprint density at radius 1 is 1.25 bits per heavy atom. The van der Waals surface area contributed by atoms with Gasteiger partial charge < -0.3 is 9.30 Å². The van der Waals surface area contributed by atoms with Crippen molar-refractivity contribution in [2.75, 3.05) is 0 Å². The maximum atomic E-state index is 9.03. The molecule has 1 aliphatic heterocycles. The van der Waals surface area contributed by atoms with Crippen LogP contribution in [0.15, 0.2) is 18.2 Å². The summed E-state index contributed by atoms with van der Waals surface area (Å²) in [5, 5.41) is 9.03. The highest BCUT2D eigenvalue weighted by Gasteiger charge is 2.40. The Morgan fingerprint density at radius 3 is 2.60 bits per heavy atom. The number of rotatable bonds is 1. The van der Waals surface area contributed by atoms with E-state index in [0.717, 1.165) is 16.9 Å². The van der Waals surface area contributed by atoms with E-state index in [0.29, 0.717) is 17.4 Å². The van der Waals surface area contributed by atoms with Crippen molar-refractivity contribution in [1.82, 2.24) is 9.55 Å². The Balaban J connectivity index is 2.13. The molecule has 4 nitrogen and oxygen atoms in total. The minimum atomic E-state index is 0.172. The second-order valence-corrected chi connectivity index (χ2v) is 5.78. The number of fused-ring (bicyclic) bond motifs is 1. The summed E-state index contributed by atoms with van der Waals surface area (Å²) < 4.78 is 8.04. The van der Waals surface area contributed by atoms with Crippen molar-refractivity contribution in [3.63, 3.8) is 0 Å². The molecular weight excluding hydrogens is 250 g/mol. The molecule has 2 aromatic rings. The van der Waals surface area contributed by atoms with Crippen LogP contribution in [0.4, 0.5) is 0 Å². The number of ether oxygens (including phenoxy) is 1. The Bertz CT molecular complexity index is 698. The lowest BCUT2D eigenvalue weighted by atomic mass is 9.89. The van der Waals surface area contributed by atoms with Crippen LogP contribution in [-0.2, 0) is 11.8 Å². The number of hydrogen-bond acceptors (Lipinski definition) is 3. The van der Waals surface area contributed by atoms with Crippen LogP contribution in [0.25, 0.3) is 11.0 Å². The molecule has 1 fully saturated rings. The van der Waals surface area contributed by atoms with E-state index in [-0.39, 0.29) is 12.2 Å². The topological polar surface area (TPSA) is 50.8 Å². The number of benzene rings is 1. The monoisotopic (exact) mass is 269 g/mol. The van der Waals surface area contributed by atoms with E-state index < -0.39 is 0 Å². The molecule has 0 amide bonds. The number of nitriles is 1. The molecule has 0 N–H and O–H groups in total. The lowest BCUT2D eigenvalue weighted by Gasteiger charge is -2.18. The lowest BCUT2D eigenvalue weighted by Crippen LogP contribution is -2.19. The molecule has 0 bridgehead atoms. The van der Waals surface area contributed by atoms with E-state index in [1.165, 1.54) is 0 Å². The molecule has 1 saturated heterocycles. The maximum Gasteiger partial charge on any atom is 0.115 e. The zero-order chi connectivity index (χ0) is 14.4. The van der Waals surface area contributed by atoms with Crippen LogP contribution in [0.1, 0.15) is 38.1 Å². The van der Waals surface area contributed by atoms with Gasteiger partial charge in [-0.1, -0.05) is 6.92 Å². The molecule has 1 aromatic carbocycles. The third-order valence-corrected chi connectivity index (χ3v) is 4.58. The molecule has 0 spiro atoms. The van der Waals surface area contributed by atoms with Gasteiger partial charge in [-0.25, -0.2) is 4.98 Å². The first-order valence-corrected chi connectivity index (χ1v) is 7.05. The highest BCUT2D eigenvalue weighted by molar-refractivity contribution is 5.77. The predicted molar refractivity (Wildman–Crippen MR) is 77.3 cm³/mol. The van der Waals surface area contributed by atoms with Crippen molar-refractivity contribution in [2.45, 2.75) is 38.9 Å². The fraction of sp³-hybridized carbons (Fsp3) is 0.500. The third kappa shape index (κ3) is 1.82. The van der Waals surface area contributed by atoms with Crippen LogP contribution in [-0.4, -0.2) is 21.8 Å². The largest absolute Gasteiger partial charge is 0.374 e. The van der Waals surface area contributed by atoms with Crippen LogP contribution in [0, 0.1) is 17.2 Å². The van der Waals surface area contributed by atoms with Crippen molar-refractivity contribution in [1.29, 1.82) is 5.26 Å². The van der Waals surface area contributed by atoms with Crippen molar-refractivity contribution in [3.05, 3.63) is 29.6 Å². The Hall–Kier alpha value is -1.86. The Kier molecular flexibility index (Phi) is 3.02. The van der Waals surface area contributed by atoms with Gasteiger partial charge in [0.25, 0.3) is 0 Å². The van der Waals surface area contributed by atoms with Crippen LogP contribution < -0.4 is 0 Å². The molecule has 1 aliphatic rings. The number of nitrogens with zero attached hydrogens (tertiary/aromatic N) is 3. The Morgan fingerprint density at radius 2 is 2.00 bits per heavy atom. The summed E-state index contributed by atoms with van der Waals surface area (Å²) in [4.78, 5) is 4.78. The molecule has 0 aliphatic carbocycles. The van der Waals surface area contributed by atoms with Crippen LogP contribution >= 0.6 is 0 Å². The van der Waals surface area contributed by atoms with Crippen LogP contribution in [0.2, 0.25) is 0 Å². The highest BCUT2D eigenvalue weighted by atomic mass is 16.5. The summed E-state index contributed by atoms with van der Waals surface area (Å²) in [7, 11) is 2.02. The molecule has 3 rings (SSSR count). The second-order valence-electron chi connectivity index (χ2n) is 5.78. The summed E-state index contributed by atoms with van der Waals surface area (Å²) in [6.45, 7) is 6.46. The van der Waals surface area contributed by atoms with E-state index >= 15 is 0 Å². The van der Waals surface area contributed by atoms with E-state index in [9.17, 15) is 0 Å². The van der Waals surface area contributed by atoms with Crippen LogP contribution in [0.3, 0.4) is 0 Å². The first-order chi connectivity index (χ1) is 9.52. The van der Waals surface area contributed by atoms with Gasteiger partial charge in [0.2, 0.25) is 0 Å². The molecule has 0 radical (unpaired) electrons. The highest BCUT2D eigenvalue weighted by Crippen LogP contribution is 2.40. The van der Waals surface area contributed by atoms with Gasteiger partial charge in [0.15, 0.2) is 0 Å². The summed E-state index contributed by atoms with van der Waals surface area (Å²) >= 11 is 0. The van der Waals surface area contributed by atoms with E-state index in [4.69, 9.17) is 15.0 Å². The minimum absolute atomic E-state index is 0.172. The zero-order valence-corrected chi connectivity index (χ0v) is 12.3. The summed E-state index contributed by atoms with van der Waals surface area (Å²) in [6.07, 6.45) is 0.426. The number of imidazole rings is 1. The van der Waals surface area contributed by atoms with Gasteiger partial charge in [0.05, 0.1) is 34.9 Å². The van der Waals surface area contributed by atoms with Gasteiger partial charge in [-0.15, -0.1) is 0 Å².